The Labute approximate surface area is 160 Å². The number of H-pyrrole nitrogens is 1. The molecule has 1 aliphatic carbocycles. The quantitative estimate of drug-likeness (QED) is 0.532. The summed E-state index contributed by atoms with van der Waals surface area (Å²) in [6.07, 6.45) is 4.21. The third-order valence-corrected chi connectivity index (χ3v) is 6.60. The van der Waals surface area contributed by atoms with E-state index in [0.29, 0.717) is 56.0 Å². The third-order valence-electron chi connectivity index (χ3n) is 4.53. The van der Waals surface area contributed by atoms with E-state index in [2.05, 4.69) is 39.7 Å². The Hall–Kier alpha value is -2.13. The fourth-order valence-electron chi connectivity index (χ4n) is 2.97. The van der Waals surface area contributed by atoms with Crippen LogP contribution in [0.1, 0.15) is 32.3 Å². The van der Waals surface area contributed by atoms with Gasteiger partial charge >= 0.3 is 0 Å². The first-order valence-electron chi connectivity index (χ1n) is 9.10. The molecule has 3 rings (SSSR count). The SMILES string of the molecule is CC(C)COCCNc1cc(C2(S(C)(=O)=O)CC2)cc(Nc2ccn[nH]2)n1. The Kier molecular flexibility index (Phi) is 5.71. The zero-order valence-electron chi connectivity index (χ0n) is 15.9. The fraction of sp³-hybridized carbons (Fsp3) is 0.556. The van der Waals surface area contributed by atoms with E-state index in [-0.39, 0.29) is 0 Å². The van der Waals surface area contributed by atoms with Gasteiger partial charge in [0.1, 0.15) is 17.5 Å². The number of anilines is 3. The summed E-state index contributed by atoms with van der Waals surface area (Å²) in [6, 6.07) is 5.41. The highest BCUT2D eigenvalue weighted by Crippen LogP contribution is 2.53. The second-order valence-electron chi connectivity index (χ2n) is 7.38. The lowest BCUT2D eigenvalue weighted by Gasteiger charge is -2.17. The maximum atomic E-state index is 12.3. The standard InChI is InChI=1S/C18H27N5O3S/c1-13(2)12-26-9-8-19-16-10-14(18(5-6-18)27(3,24)25)11-17(22-16)21-15-4-7-20-23-15/h4,7,10-11,13H,5-6,8-9,12H2,1-3H3,(H3,19,20,21,22,23). The highest BCUT2D eigenvalue weighted by Gasteiger charge is 2.53. The molecule has 1 fully saturated rings. The van der Waals surface area contributed by atoms with Crippen molar-refractivity contribution >= 4 is 27.3 Å². The molecule has 2 aromatic heterocycles. The molecule has 1 saturated carbocycles. The Morgan fingerprint density at radius 3 is 2.63 bits per heavy atom. The molecule has 0 unspecified atom stereocenters. The second-order valence-corrected chi connectivity index (χ2v) is 9.71. The summed E-state index contributed by atoms with van der Waals surface area (Å²) in [6.45, 7) is 6.07. The molecule has 0 radical (unpaired) electrons. The minimum absolute atomic E-state index is 0.487. The van der Waals surface area contributed by atoms with Crippen molar-refractivity contribution in [3.05, 3.63) is 30.0 Å². The predicted molar refractivity (Wildman–Crippen MR) is 106 cm³/mol. The van der Waals surface area contributed by atoms with Crippen LogP contribution in [0.15, 0.2) is 24.4 Å². The van der Waals surface area contributed by atoms with Crippen molar-refractivity contribution in [3.8, 4) is 0 Å². The summed E-state index contributed by atoms with van der Waals surface area (Å²) in [5.41, 5.74) is 0.757. The van der Waals surface area contributed by atoms with Crippen LogP contribution in [0.4, 0.5) is 17.5 Å². The molecule has 0 aromatic carbocycles. The zero-order chi connectivity index (χ0) is 19.5. The number of nitrogens with zero attached hydrogens (tertiary/aromatic N) is 2. The zero-order valence-corrected chi connectivity index (χ0v) is 16.8. The molecule has 0 spiro atoms. The van der Waals surface area contributed by atoms with E-state index in [1.54, 1.807) is 18.3 Å². The lowest BCUT2D eigenvalue weighted by Crippen LogP contribution is -2.20. The molecule has 0 saturated heterocycles. The van der Waals surface area contributed by atoms with Gasteiger partial charge in [-0.05, 0) is 36.5 Å². The molecule has 0 aliphatic heterocycles. The molecule has 9 heteroatoms. The van der Waals surface area contributed by atoms with Crippen molar-refractivity contribution in [2.45, 2.75) is 31.4 Å². The van der Waals surface area contributed by atoms with Gasteiger partial charge in [-0.3, -0.25) is 5.10 Å². The number of aromatic nitrogens is 3. The van der Waals surface area contributed by atoms with E-state index in [1.165, 1.54) is 6.26 Å². The molecule has 2 aromatic rings. The number of pyridine rings is 1. The summed E-state index contributed by atoms with van der Waals surface area (Å²) < 4.78 is 29.4. The molecule has 0 bridgehead atoms. The molecule has 0 atom stereocenters. The highest BCUT2D eigenvalue weighted by atomic mass is 32.2. The Morgan fingerprint density at radius 2 is 2.04 bits per heavy atom. The number of sulfone groups is 1. The fourth-order valence-corrected chi connectivity index (χ4v) is 4.36. The molecular formula is C18H27N5O3S. The summed E-state index contributed by atoms with van der Waals surface area (Å²) >= 11 is 0. The van der Waals surface area contributed by atoms with Crippen molar-refractivity contribution in [2.24, 2.45) is 5.92 Å². The molecule has 27 heavy (non-hydrogen) atoms. The van der Waals surface area contributed by atoms with E-state index in [1.807, 2.05) is 6.07 Å². The van der Waals surface area contributed by atoms with E-state index >= 15 is 0 Å². The van der Waals surface area contributed by atoms with Crippen LogP contribution in [0, 0.1) is 5.92 Å². The van der Waals surface area contributed by atoms with Crippen molar-refractivity contribution in [1.29, 1.82) is 0 Å². The van der Waals surface area contributed by atoms with E-state index in [0.717, 1.165) is 5.56 Å². The molecule has 3 N–H and O–H groups in total. The van der Waals surface area contributed by atoms with E-state index < -0.39 is 14.6 Å². The lowest BCUT2D eigenvalue weighted by atomic mass is 10.1. The topological polar surface area (TPSA) is 109 Å². The van der Waals surface area contributed by atoms with Gasteiger partial charge in [0, 0.05) is 25.5 Å². The van der Waals surface area contributed by atoms with Crippen molar-refractivity contribution in [3.63, 3.8) is 0 Å². The van der Waals surface area contributed by atoms with Gasteiger partial charge < -0.3 is 15.4 Å². The van der Waals surface area contributed by atoms with Crippen molar-refractivity contribution < 1.29 is 13.2 Å². The Bertz CT molecular complexity index is 861. The van der Waals surface area contributed by atoms with Crippen LogP contribution in [-0.4, -0.2) is 49.6 Å². The van der Waals surface area contributed by atoms with Crippen LogP contribution in [0.25, 0.3) is 0 Å². The molecule has 0 amide bonds. The van der Waals surface area contributed by atoms with Gasteiger partial charge in [-0.2, -0.15) is 5.10 Å². The molecule has 2 heterocycles. The van der Waals surface area contributed by atoms with E-state index in [4.69, 9.17) is 4.74 Å². The van der Waals surface area contributed by atoms with Gasteiger partial charge in [0.25, 0.3) is 0 Å². The molecule has 1 aliphatic rings. The van der Waals surface area contributed by atoms with Gasteiger partial charge in [-0.25, -0.2) is 13.4 Å². The van der Waals surface area contributed by atoms with Gasteiger partial charge in [-0.1, -0.05) is 13.8 Å². The summed E-state index contributed by atoms with van der Waals surface area (Å²) in [5.74, 6) is 2.37. The predicted octanol–water partition coefficient (Wildman–Crippen LogP) is 2.67. The second kappa shape index (κ2) is 7.85. The number of ether oxygens (including phenoxy) is 1. The monoisotopic (exact) mass is 393 g/mol. The van der Waals surface area contributed by atoms with Gasteiger partial charge in [-0.15, -0.1) is 0 Å². The Balaban J connectivity index is 1.79. The number of aromatic amines is 1. The number of hydrogen-bond donors (Lipinski definition) is 3. The lowest BCUT2D eigenvalue weighted by molar-refractivity contribution is 0.118. The Morgan fingerprint density at radius 1 is 1.30 bits per heavy atom. The van der Waals surface area contributed by atoms with Gasteiger partial charge in [0.05, 0.1) is 17.6 Å². The maximum Gasteiger partial charge on any atom is 0.157 e. The van der Waals surface area contributed by atoms with Crippen LogP contribution in [0.2, 0.25) is 0 Å². The molecular weight excluding hydrogens is 366 g/mol. The smallest absolute Gasteiger partial charge is 0.157 e. The number of hydrogen-bond acceptors (Lipinski definition) is 7. The largest absolute Gasteiger partial charge is 0.379 e. The minimum Gasteiger partial charge on any atom is -0.379 e. The average Bonchev–Trinajstić information content (AvgIpc) is 3.27. The van der Waals surface area contributed by atoms with Crippen molar-refractivity contribution in [2.75, 3.05) is 36.6 Å². The first kappa shape index (κ1) is 19.6. The highest BCUT2D eigenvalue weighted by molar-refractivity contribution is 7.92. The number of nitrogens with one attached hydrogen (secondary N) is 3. The first-order valence-corrected chi connectivity index (χ1v) is 11.0. The van der Waals surface area contributed by atoms with Crippen LogP contribution in [0.5, 0.6) is 0 Å². The average molecular weight is 394 g/mol. The summed E-state index contributed by atoms with van der Waals surface area (Å²) in [4.78, 5) is 4.54. The summed E-state index contributed by atoms with van der Waals surface area (Å²) in [7, 11) is -3.21. The normalized spacial score (nSPS) is 15.7. The van der Waals surface area contributed by atoms with E-state index in [9.17, 15) is 8.42 Å². The number of rotatable bonds is 10. The van der Waals surface area contributed by atoms with Gasteiger partial charge in [0.15, 0.2) is 9.84 Å². The summed E-state index contributed by atoms with van der Waals surface area (Å²) in [5, 5.41) is 13.1. The third kappa shape index (κ3) is 4.78. The molecule has 148 valence electrons. The minimum atomic E-state index is -3.21. The van der Waals surface area contributed by atoms with Crippen LogP contribution in [0.3, 0.4) is 0 Å². The first-order chi connectivity index (χ1) is 12.8. The maximum absolute atomic E-state index is 12.3. The molecule has 8 nitrogen and oxygen atoms in total. The van der Waals surface area contributed by atoms with Crippen LogP contribution in [-0.2, 0) is 19.3 Å². The van der Waals surface area contributed by atoms with Crippen molar-refractivity contribution in [1.82, 2.24) is 15.2 Å². The van der Waals surface area contributed by atoms with Gasteiger partial charge in [0.2, 0.25) is 0 Å². The van der Waals surface area contributed by atoms with Crippen LogP contribution < -0.4 is 10.6 Å². The van der Waals surface area contributed by atoms with Crippen LogP contribution >= 0.6 is 0 Å².